The highest BCUT2D eigenvalue weighted by molar-refractivity contribution is 6.31. The number of halogens is 1. The molecule has 2 rings (SSSR count). The lowest BCUT2D eigenvalue weighted by atomic mass is 10.2. The number of carbonyl (C=O) groups is 2. The van der Waals surface area contributed by atoms with Crippen LogP contribution in [0.2, 0.25) is 5.02 Å². The number of carbonyl (C=O) groups excluding carboxylic acids is 2. The number of hydrogen-bond donors (Lipinski definition) is 2. The summed E-state index contributed by atoms with van der Waals surface area (Å²) in [5.74, 6) is -0.252. The van der Waals surface area contributed by atoms with Crippen LogP contribution in [-0.2, 0) is 16.0 Å². The molecule has 126 valence electrons. The lowest BCUT2D eigenvalue weighted by molar-refractivity contribution is -0.121. The molecule has 1 aromatic carbocycles. The van der Waals surface area contributed by atoms with Gasteiger partial charge in [0.25, 0.3) is 0 Å². The predicted molar refractivity (Wildman–Crippen MR) is 95.0 cm³/mol. The average Bonchev–Trinajstić information content (AvgIpc) is 2.58. The van der Waals surface area contributed by atoms with Crippen molar-refractivity contribution in [1.82, 2.24) is 10.3 Å². The zero-order valence-electron chi connectivity index (χ0n) is 13.5. The molecule has 1 aromatic heterocycles. The van der Waals surface area contributed by atoms with Gasteiger partial charge in [-0.1, -0.05) is 23.7 Å². The first-order chi connectivity index (χ1) is 11.6. The molecule has 0 aliphatic heterocycles. The van der Waals surface area contributed by atoms with Crippen molar-refractivity contribution in [3.05, 3.63) is 58.9 Å². The van der Waals surface area contributed by atoms with Gasteiger partial charge in [0, 0.05) is 42.0 Å². The van der Waals surface area contributed by atoms with Gasteiger partial charge in [0.2, 0.25) is 11.8 Å². The molecule has 1 heterocycles. The third kappa shape index (κ3) is 5.66. The molecule has 2 aromatic rings. The molecule has 0 saturated carbocycles. The molecular formula is C18H20ClN3O2. The SMILES string of the molecule is Cc1c(Cl)cccc1NC(=O)CCNC(=O)CCc1ccccn1. The van der Waals surface area contributed by atoms with Gasteiger partial charge in [-0.05, 0) is 43.2 Å². The Morgan fingerprint density at radius 1 is 1.08 bits per heavy atom. The minimum Gasteiger partial charge on any atom is -0.356 e. The molecule has 0 unspecified atom stereocenters. The van der Waals surface area contributed by atoms with Gasteiger partial charge in [-0.3, -0.25) is 14.6 Å². The fourth-order valence-corrected chi connectivity index (χ4v) is 2.32. The lowest BCUT2D eigenvalue weighted by Gasteiger charge is -2.10. The summed E-state index contributed by atoms with van der Waals surface area (Å²) in [5, 5.41) is 6.15. The molecule has 2 N–H and O–H groups in total. The molecular weight excluding hydrogens is 326 g/mol. The molecule has 0 aliphatic rings. The van der Waals surface area contributed by atoms with Gasteiger partial charge in [-0.2, -0.15) is 0 Å². The minimum absolute atomic E-state index is 0.0904. The monoisotopic (exact) mass is 345 g/mol. The summed E-state index contributed by atoms with van der Waals surface area (Å²) in [6.45, 7) is 2.14. The van der Waals surface area contributed by atoms with Crippen LogP contribution in [0.25, 0.3) is 0 Å². The third-order valence-corrected chi connectivity index (χ3v) is 3.96. The van der Waals surface area contributed by atoms with Crippen molar-refractivity contribution >= 4 is 29.1 Å². The number of hydrogen-bond acceptors (Lipinski definition) is 3. The highest BCUT2D eigenvalue weighted by Crippen LogP contribution is 2.22. The highest BCUT2D eigenvalue weighted by atomic mass is 35.5. The number of aryl methyl sites for hydroxylation is 1. The Kier molecular flexibility index (Phi) is 6.75. The summed E-state index contributed by atoms with van der Waals surface area (Å²) >= 11 is 6.02. The number of pyridine rings is 1. The summed E-state index contributed by atoms with van der Waals surface area (Å²) in [4.78, 5) is 27.9. The van der Waals surface area contributed by atoms with Crippen LogP contribution in [0, 0.1) is 6.92 Å². The molecule has 0 radical (unpaired) electrons. The summed E-state index contributed by atoms with van der Waals surface area (Å²) in [5.41, 5.74) is 2.39. The van der Waals surface area contributed by atoms with E-state index in [0.29, 0.717) is 30.1 Å². The van der Waals surface area contributed by atoms with Crippen molar-refractivity contribution in [2.24, 2.45) is 0 Å². The molecule has 0 spiro atoms. The number of nitrogens with one attached hydrogen (secondary N) is 2. The molecule has 0 bridgehead atoms. The van der Waals surface area contributed by atoms with Crippen molar-refractivity contribution < 1.29 is 9.59 Å². The Balaban J connectivity index is 1.68. The van der Waals surface area contributed by atoms with E-state index < -0.39 is 0 Å². The van der Waals surface area contributed by atoms with Crippen LogP contribution in [0.1, 0.15) is 24.1 Å². The van der Waals surface area contributed by atoms with Gasteiger partial charge in [0.05, 0.1) is 0 Å². The molecule has 0 aliphatic carbocycles. The number of nitrogens with zero attached hydrogens (tertiary/aromatic N) is 1. The van der Waals surface area contributed by atoms with Crippen LogP contribution in [-0.4, -0.2) is 23.3 Å². The smallest absolute Gasteiger partial charge is 0.226 e. The maximum absolute atomic E-state index is 11.9. The van der Waals surface area contributed by atoms with Crippen LogP contribution in [0.15, 0.2) is 42.6 Å². The van der Waals surface area contributed by atoms with Crippen LogP contribution in [0.3, 0.4) is 0 Å². The number of anilines is 1. The molecule has 24 heavy (non-hydrogen) atoms. The van der Waals surface area contributed by atoms with Gasteiger partial charge in [-0.25, -0.2) is 0 Å². The normalized spacial score (nSPS) is 10.2. The Bertz CT molecular complexity index is 705. The van der Waals surface area contributed by atoms with E-state index in [0.717, 1.165) is 11.3 Å². The fourth-order valence-electron chi connectivity index (χ4n) is 2.15. The summed E-state index contributed by atoms with van der Waals surface area (Å²) in [6, 6.07) is 11.0. The molecule has 5 nitrogen and oxygen atoms in total. The van der Waals surface area contributed by atoms with Crippen molar-refractivity contribution in [1.29, 1.82) is 0 Å². The van der Waals surface area contributed by atoms with Gasteiger partial charge < -0.3 is 10.6 Å². The third-order valence-electron chi connectivity index (χ3n) is 3.55. The van der Waals surface area contributed by atoms with E-state index >= 15 is 0 Å². The quantitative estimate of drug-likeness (QED) is 0.810. The first kappa shape index (κ1) is 17.9. The topological polar surface area (TPSA) is 71.1 Å². The van der Waals surface area contributed by atoms with E-state index in [-0.39, 0.29) is 18.2 Å². The molecule has 0 fully saturated rings. The molecule has 6 heteroatoms. The molecule has 2 amide bonds. The van der Waals surface area contributed by atoms with Crippen LogP contribution in [0.4, 0.5) is 5.69 Å². The largest absolute Gasteiger partial charge is 0.356 e. The summed E-state index contributed by atoms with van der Waals surface area (Å²) in [7, 11) is 0. The highest BCUT2D eigenvalue weighted by Gasteiger charge is 2.08. The van der Waals surface area contributed by atoms with Gasteiger partial charge >= 0.3 is 0 Å². The lowest BCUT2D eigenvalue weighted by Crippen LogP contribution is -2.28. The van der Waals surface area contributed by atoms with Crippen molar-refractivity contribution in [3.8, 4) is 0 Å². The second-order valence-corrected chi connectivity index (χ2v) is 5.79. The Labute approximate surface area is 146 Å². The summed E-state index contributed by atoms with van der Waals surface area (Å²) in [6.07, 6.45) is 2.85. The van der Waals surface area contributed by atoms with E-state index in [4.69, 9.17) is 11.6 Å². The van der Waals surface area contributed by atoms with Crippen LogP contribution < -0.4 is 10.6 Å². The van der Waals surface area contributed by atoms with Gasteiger partial charge in [-0.15, -0.1) is 0 Å². The Morgan fingerprint density at radius 3 is 2.67 bits per heavy atom. The predicted octanol–water partition coefficient (Wildman–Crippen LogP) is 3.12. The number of rotatable bonds is 7. The van der Waals surface area contributed by atoms with Crippen molar-refractivity contribution in [2.45, 2.75) is 26.2 Å². The first-order valence-electron chi connectivity index (χ1n) is 7.78. The minimum atomic E-state index is -0.162. The van der Waals surface area contributed by atoms with Crippen LogP contribution in [0.5, 0.6) is 0 Å². The maximum Gasteiger partial charge on any atom is 0.226 e. The van der Waals surface area contributed by atoms with E-state index in [1.807, 2.05) is 25.1 Å². The Hall–Kier alpha value is -2.40. The van der Waals surface area contributed by atoms with Gasteiger partial charge in [0.1, 0.15) is 0 Å². The first-order valence-corrected chi connectivity index (χ1v) is 8.15. The zero-order valence-corrected chi connectivity index (χ0v) is 14.3. The summed E-state index contributed by atoms with van der Waals surface area (Å²) < 4.78 is 0. The second-order valence-electron chi connectivity index (χ2n) is 5.38. The standard InChI is InChI=1S/C18H20ClN3O2/c1-13-15(19)6-4-7-16(13)22-18(24)10-12-21-17(23)9-8-14-5-2-3-11-20-14/h2-7,11H,8-10,12H2,1H3,(H,21,23)(H,22,24). The van der Waals surface area contributed by atoms with E-state index in [1.54, 1.807) is 24.4 Å². The zero-order chi connectivity index (χ0) is 17.4. The van der Waals surface area contributed by atoms with E-state index in [1.165, 1.54) is 0 Å². The average molecular weight is 346 g/mol. The second kappa shape index (κ2) is 9.03. The molecule has 0 saturated heterocycles. The fraction of sp³-hybridized carbons (Fsp3) is 0.278. The maximum atomic E-state index is 11.9. The van der Waals surface area contributed by atoms with Crippen molar-refractivity contribution in [2.75, 3.05) is 11.9 Å². The van der Waals surface area contributed by atoms with E-state index in [2.05, 4.69) is 15.6 Å². The molecule has 0 atom stereocenters. The van der Waals surface area contributed by atoms with E-state index in [9.17, 15) is 9.59 Å². The number of amides is 2. The number of benzene rings is 1. The Morgan fingerprint density at radius 2 is 1.92 bits per heavy atom. The van der Waals surface area contributed by atoms with Crippen molar-refractivity contribution in [3.63, 3.8) is 0 Å². The van der Waals surface area contributed by atoms with Crippen LogP contribution >= 0.6 is 11.6 Å². The van der Waals surface area contributed by atoms with Gasteiger partial charge in [0.15, 0.2) is 0 Å². The number of aromatic nitrogens is 1.